The highest BCUT2D eigenvalue weighted by Gasteiger charge is 2.14. The van der Waals surface area contributed by atoms with Gasteiger partial charge in [-0.1, -0.05) is 6.58 Å². The van der Waals surface area contributed by atoms with Gasteiger partial charge in [-0.2, -0.15) is 11.8 Å². The van der Waals surface area contributed by atoms with E-state index in [1.807, 2.05) is 11.8 Å². The maximum Gasteiger partial charge on any atom is 0.330 e. The van der Waals surface area contributed by atoms with Gasteiger partial charge < -0.3 is 9.47 Å². The first-order chi connectivity index (χ1) is 7.33. The van der Waals surface area contributed by atoms with Crippen molar-refractivity contribution >= 4 is 17.7 Å². The van der Waals surface area contributed by atoms with E-state index in [0.717, 1.165) is 25.2 Å². The Morgan fingerprint density at radius 2 is 2.27 bits per heavy atom. The van der Waals surface area contributed by atoms with Crippen molar-refractivity contribution in [3.8, 4) is 0 Å². The van der Waals surface area contributed by atoms with Crippen molar-refractivity contribution in [3.63, 3.8) is 0 Å². The van der Waals surface area contributed by atoms with E-state index in [4.69, 9.17) is 9.47 Å². The summed E-state index contributed by atoms with van der Waals surface area (Å²) in [6.07, 6.45) is 4.62. The number of hydrogen-bond donors (Lipinski definition) is 0. The van der Waals surface area contributed by atoms with Gasteiger partial charge in [0.25, 0.3) is 0 Å². The summed E-state index contributed by atoms with van der Waals surface area (Å²) in [5, 5.41) is 0. The maximum atomic E-state index is 10.7. The molecule has 1 saturated heterocycles. The number of carbonyl (C=O) groups excluding carboxylic acids is 1. The summed E-state index contributed by atoms with van der Waals surface area (Å²) in [5.41, 5.74) is 0. The highest BCUT2D eigenvalue weighted by atomic mass is 32.2. The lowest BCUT2D eigenvalue weighted by Gasteiger charge is -2.09. The van der Waals surface area contributed by atoms with E-state index < -0.39 is 0 Å². The van der Waals surface area contributed by atoms with Gasteiger partial charge in [0.05, 0.1) is 12.7 Å². The smallest absolute Gasteiger partial charge is 0.330 e. The van der Waals surface area contributed by atoms with Crippen LogP contribution in [0.3, 0.4) is 0 Å². The van der Waals surface area contributed by atoms with Crippen molar-refractivity contribution in [1.82, 2.24) is 0 Å². The van der Waals surface area contributed by atoms with Crippen LogP contribution in [0.1, 0.15) is 19.3 Å². The summed E-state index contributed by atoms with van der Waals surface area (Å²) in [6, 6.07) is 0. The first kappa shape index (κ1) is 12.6. The standard InChI is InChI=1S/C11H18O3S/c1-2-11(12)14-7-4-3-6-13-10-5-8-15-9-10/h2,10H,1,3-9H2. The minimum atomic E-state index is -0.344. The SMILES string of the molecule is C=CC(=O)OCCCCOC1CCSC1. The number of thioether (sulfide) groups is 1. The molecule has 15 heavy (non-hydrogen) atoms. The van der Waals surface area contributed by atoms with Crippen molar-refractivity contribution in [3.05, 3.63) is 12.7 Å². The minimum Gasteiger partial charge on any atom is -0.463 e. The fraction of sp³-hybridized carbons (Fsp3) is 0.727. The predicted molar refractivity (Wildman–Crippen MR) is 62.1 cm³/mol. The van der Waals surface area contributed by atoms with Gasteiger partial charge in [-0.15, -0.1) is 0 Å². The minimum absolute atomic E-state index is 0.344. The summed E-state index contributed by atoms with van der Waals surface area (Å²) in [7, 11) is 0. The zero-order valence-corrected chi connectivity index (χ0v) is 9.76. The molecule has 4 heteroatoms. The lowest BCUT2D eigenvalue weighted by atomic mass is 10.3. The molecule has 0 N–H and O–H groups in total. The molecule has 0 aliphatic carbocycles. The van der Waals surface area contributed by atoms with Crippen LogP contribution in [0, 0.1) is 0 Å². The van der Waals surface area contributed by atoms with E-state index in [-0.39, 0.29) is 5.97 Å². The normalized spacial score (nSPS) is 20.1. The Bertz CT molecular complexity index is 200. The van der Waals surface area contributed by atoms with Crippen LogP contribution in [0.15, 0.2) is 12.7 Å². The van der Waals surface area contributed by atoms with Crippen LogP contribution >= 0.6 is 11.8 Å². The number of ether oxygens (including phenoxy) is 2. The van der Waals surface area contributed by atoms with E-state index in [9.17, 15) is 4.79 Å². The Morgan fingerprint density at radius 3 is 2.93 bits per heavy atom. The van der Waals surface area contributed by atoms with Gasteiger partial charge in [0.2, 0.25) is 0 Å². The van der Waals surface area contributed by atoms with Crippen LogP contribution in [0.2, 0.25) is 0 Å². The van der Waals surface area contributed by atoms with Crippen LogP contribution in [0.4, 0.5) is 0 Å². The highest BCUT2D eigenvalue weighted by Crippen LogP contribution is 2.19. The van der Waals surface area contributed by atoms with Crippen molar-refractivity contribution in [2.45, 2.75) is 25.4 Å². The van der Waals surface area contributed by atoms with Crippen molar-refractivity contribution in [1.29, 1.82) is 0 Å². The average molecular weight is 230 g/mol. The maximum absolute atomic E-state index is 10.7. The second kappa shape index (κ2) is 7.77. The number of carbonyl (C=O) groups is 1. The van der Waals surface area contributed by atoms with Gasteiger partial charge in [-0.25, -0.2) is 4.79 Å². The van der Waals surface area contributed by atoms with Gasteiger partial charge in [-0.3, -0.25) is 0 Å². The molecule has 0 saturated carbocycles. The van der Waals surface area contributed by atoms with Crippen molar-refractivity contribution in [2.24, 2.45) is 0 Å². The molecule has 0 amide bonds. The zero-order valence-electron chi connectivity index (χ0n) is 8.94. The van der Waals surface area contributed by atoms with Crippen LogP contribution in [0.5, 0.6) is 0 Å². The molecular weight excluding hydrogens is 212 g/mol. The fourth-order valence-electron chi connectivity index (χ4n) is 1.33. The molecule has 0 spiro atoms. The van der Waals surface area contributed by atoms with Gasteiger partial charge in [0.15, 0.2) is 0 Å². The van der Waals surface area contributed by atoms with Crippen LogP contribution < -0.4 is 0 Å². The van der Waals surface area contributed by atoms with Crippen LogP contribution in [-0.4, -0.2) is 36.8 Å². The third kappa shape index (κ3) is 5.85. The largest absolute Gasteiger partial charge is 0.463 e. The molecule has 0 aromatic rings. The molecule has 1 fully saturated rings. The molecule has 86 valence electrons. The molecule has 1 rings (SSSR count). The number of rotatable bonds is 7. The van der Waals surface area contributed by atoms with Crippen molar-refractivity contribution < 1.29 is 14.3 Å². The molecule has 0 aromatic carbocycles. The van der Waals surface area contributed by atoms with Gasteiger partial charge in [-0.05, 0) is 25.0 Å². The van der Waals surface area contributed by atoms with E-state index >= 15 is 0 Å². The molecule has 1 heterocycles. The zero-order chi connectivity index (χ0) is 10.9. The summed E-state index contributed by atoms with van der Waals surface area (Å²) in [4.78, 5) is 10.7. The average Bonchev–Trinajstić information content (AvgIpc) is 2.75. The summed E-state index contributed by atoms with van der Waals surface area (Å²) < 4.78 is 10.5. The first-order valence-corrected chi connectivity index (χ1v) is 6.47. The highest BCUT2D eigenvalue weighted by molar-refractivity contribution is 7.99. The second-order valence-electron chi connectivity index (χ2n) is 3.44. The molecule has 1 aliphatic heterocycles. The molecule has 1 atom stereocenters. The third-order valence-corrected chi connectivity index (χ3v) is 3.32. The molecule has 0 radical (unpaired) electrons. The summed E-state index contributed by atoms with van der Waals surface area (Å²) in [6.45, 7) is 4.57. The predicted octanol–water partition coefficient (Wildman–Crippen LogP) is 2.02. The third-order valence-electron chi connectivity index (χ3n) is 2.19. The number of esters is 1. The Hall–Kier alpha value is -0.480. The summed E-state index contributed by atoms with van der Waals surface area (Å²) in [5.74, 6) is 2.01. The fourth-order valence-corrected chi connectivity index (χ4v) is 2.45. The van der Waals surface area contributed by atoms with E-state index in [1.165, 1.54) is 18.2 Å². The van der Waals surface area contributed by atoms with Gasteiger partial charge in [0, 0.05) is 18.4 Å². The summed E-state index contributed by atoms with van der Waals surface area (Å²) >= 11 is 1.95. The molecular formula is C11H18O3S. The molecule has 1 aliphatic rings. The number of unbranched alkanes of at least 4 members (excludes halogenated alkanes) is 1. The Labute approximate surface area is 95.2 Å². The molecule has 0 bridgehead atoms. The first-order valence-electron chi connectivity index (χ1n) is 5.31. The Morgan fingerprint density at radius 1 is 1.47 bits per heavy atom. The van der Waals surface area contributed by atoms with Gasteiger partial charge >= 0.3 is 5.97 Å². The van der Waals surface area contributed by atoms with Crippen LogP contribution in [-0.2, 0) is 14.3 Å². The molecule has 1 unspecified atom stereocenters. The quantitative estimate of drug-likeness (QED) is 0.381. The molecule has 3 nitrogen and oxygen atoms in total. The Kier molecular flexibility index (Phi) is 6.52. The van der Waals surface area contributed by atoms with E-state index in [2.05, 4.69) is 6.58 Å². The Balaban J connectivity index is 1.84. The lowest BCUT2D eigenvalue weighted by molar-refractivity contribution is -0.137. The van der Waals surface area contributed by atoms with E-state index in [0.29, 0.717) is 12.7 Å². The monoisotopic (exact) mass is 230 g/mol. The molecule has 0 aromatic heterocycles. The second-order valence-corrected chi connectivity index (χ2v) is 4.58. The topological polar surface area (TPSA) is 35.5 Å². The van der Waals surface area contributed by atoms with Crippen LogP contribution in [0.25, 0.3) is 0 Å². The lowest BCUT2D eigenvalue weighted by Crippen LogP contribution is -2.12. The van der Waals surface area contributed by atoms with Crippen molar-refractivity contribution in [2.75, 3.05) is 24.7 Å². The van der Waals surface area contributed by atoms with Gasteiger partial charge in [0.1, 0.15) is 0 Å². The van der Waals surface area contributed by atoms with E-state index in [1.54, 1.807) is 0 Å². The number of hydrogen-bond acceptors (Lipinski definition) is 4.